The number of rotatable bonds is 2. The van der Waals surface area contributed by atoms with Gasteiger partial charge in [-0.15, -0.1) is 0 Å². The molecule has 4 aliphatic rings. The summed E-state index contributed by atoms with van der Waals surface area (Å²) in [6.07, 6.45) is 10.1. The van der Waals surface area contributed by atoms with E-state index in [1.165, 1.54) is 5.57 Å². The molecule has 0 bridgehead atoms. The van der Waals surface area contributed by atoms with Gasteiger partial charge in [0.1, 0.15) is 5.78 Å². The van der Waals surface area contributed by atoms with Gasteiger partial charge >= 0.3 is 0 Å². The van der Waals surface area contributed by atoms with Gasteiger partial charge in [-0.25, -0.2) is 0 Å². The van der Waals surface area contributed by atoms with Crippen LogP contribution in [0.2, 0.25) is 0 Å². The van der Waals surface area contributed by atoms with E-state index in [4.69, 9.17) is 0 Å². The molecule has 28 heavy (non-hydrogen) atoms. The van der Waals surface area contributed by atoms with Gasteiger partial charge in [-0.05, 0) is 73.6 Å². The molecule has 0 heterocycles. The molecule has 5 rings (SSSR count). The third-order valence-electron chi connectivity index (χ3n) is 8.34. The van der Waals surface area contributed by atoms with E-state index in [0.717, 1.165) is 48.3 Å². The zero-order chi connectivity index (χ0) is 19.5. The molecule has 0 radical (unpaired) electrons. The molecule has 3 heteroatoms. The quantitative estimate of drug-likeness (QED) is 0.620. The van der Waals surface area contributed by atoms with Gasteiger partial charge in [-0.2, -0.15) is 0 Å². The summed E-state index contributed by atoms with van der Waals surface area (Å²) in [5, 5.41) is 0. The van der Waals surface area contributed by atoms with Crippen LogP contribution in [0, 0.1) is 28.6 Å². The Kier molecular flexibility index (Phi) is 4.24. The van der Waals surface area contributed by atoms with E-state index in [-0.39, 0.29) is 16.6 Å². The second kappa shape index (κ2) is 6.45. The lowest BCUT2D eigenvalue weighted by molar-refractivity contribution is -0.131. The van der Waals surface area contributed by atoms with Crippen LogP contribution >= 0.6 is 11.8 Å². The number of carbonyl (C=O) groups excluding carboxylic acids is 2. The summed E-state index contributed by atoms with van der Waals surface area (Å²) in [5.74, 6) is 2.36. The van der Waals surface area contributed by atoms with Gasteiger partial charge < -0.3 is 0 Å². The second-order valence-electron chi connectivity index (χ2n) is 9.54. The van der Waals surface area contributed by atoms with E-state index in [2.05, 4.69) is 32.1 Å². The number of hydrogen-bond donors (Lipinski definition) is 0. The summed E-state index contributed by atoms with van der Waals surface area (Å²) in [7, 11) is 0. The van der Waals surface area contributed by atoms with Crippen molar-refractivity contribution < 1.29 is 9.59 Å². The minimum atomic E-state index is -0.0887. The molecule has 0 spiro atoms. The standard InChI is InChI=1S/C25H28O2S/c1-24-15-13-21(26)23(28-16-6-4-3-5-7-16)20(24)9-8-17-18-10-11-22(27)25(18,2)14-12-19(17)24/h3-7,13,15,17-19H,8-12,14H2,1-2H3. The summed E-state index contributed by atoms with van der Waals surface area (Å²) < 4.78 is 0. The fraction of sp³-hybridized carbons (Fsp3) is 0.520. The molecular weight excluding hydrogens is 364 g/mol. The smallest absolute Gasteiger partial charge is 0.192 e. The molecule has 1 aromatic rings. The Morgan fingerprint density at radius 1 is 0.964 bits per heavy atom. The number of carbonyl (C=O) groups is 2. The molecule has 0 saturated heterocycles. The van der Waals surface area contributed by atoms with Crippen molar-refractivity contribution >= 4 is 23.3 Å². The van der Waals surface area contributed by atoms with Gasteiger partial charge in [0.15, 0.2) is 5.78 Å². The molecular formula is C25H28O2S. The molecule has 2 nitrogen and oxygen atoms in total. The Hall–Kier alpha value is -1.61. The van der Waals surface area contributed by atoms with Crippen molar-refractivity contribution in [3.05, 3.63) is 53.0 Å². The summed E-state index contributed by atoms with van der Waals surface area (Å²) >= 11 is 1.64. The fourth-order valence-corrected chi connectivity index (χ4v) is 7.93. The highest BCUT2D eigenvalue weighted by molar-refractivity contribution is 8.04. The average Bonchev–Trinajstić information content (AvgIpc) is 3.00. The number of hydrogen-bond acceptors (Lipinski definition) is 3. The van der Waals surface area contributed by atoms with E-state index in [9.17, 15) is 9.59 Å². The highest BCUT2D eigenvalue weighted by Gasteiger charge is 2.58. The van der Waals surface area contributed by atoms with E-state index < -0.39 is 0 Å². The van der Waals surface area contributed by atoms with E-state index >= 15 is 0 Å². The molecule has 0 aromatic heterocycles. The minimum absolute atomic E-state index is 0.0408. The maximum atomic E-state index is 12.8. The van der Waals surface area contributed by atoms with Crippen molar-refractivity contribution in [1.29, 1.82) is 0 Å². The average molecular weight is 393 g/mol. The van der Waals surface area contributed by atoms with Crippen molar-refractivity contribution in [3.8, 4) is 0 Å². The molecule has 4 aliphatic carbocycles. The largest absolute Gasteiger partial charge is 0.299 e. The van der Waals surface area contributed by atoms with Crippen LogP contribution in [0.5, 0.6) is 0 Å². The van der Waals surface area contributed by atoms with Crippen molar-refractivity contribution in [3.63, 3.8) is 0 Å². The molecule has 0 aliphatic heterocycles. The van der Waals surface area contributed by atoms with Gasteiger partial charge in [-0.3, -0.25) is 9.59 Å². The molecule has 1 aromatic carbocycles. The third kappa shape index (κ3) is 2.55. The van der Waals surface area contributed by atoms with E-state index in [1.54, 1.807) is 11.8 Å². The number of allylic oxidation sites excluding steroid dienone is 4. The first-order chi connectivity index (χ1) is 13.4. The molecule has 5 unspecified atom stereocenters. The van der Waals surface area contributed by atoms with Crippen molar-refractivity contribution in [1.82, 2.24) is 0 Å². The normalized spacial score (nSPS) is 39.6. The third-order valence-corrected chi connectivity index (χ3v) is 9.50. The first-order valence-electron chi connectivity index (χ1n) is 10.7. The Bertz CT molecular complexity index is 898. The van der Waals surface area contributed by atoms with Gasteiger partial charge in [0.2, 0.25) is 0 Å². The maximum Gasteiger partial charge on any atom is 0.192 e. The van der Waals surface area contributed by atoms with E-state index in [0.29, 0.717) is 23.5 Å². The lowest BCUT2D eigenvalue weighted by Gasteiger charge is -2.56. The van der Waals surface area contributed by atoms with Gasteiger partial charge in [-0.1, -0.05) is 49.9 Å². The molecule has 0 N–H and O–H groups in total. The Morgan fingerprint density at radius 3 is 2.54 bits per heavy atom. The SMILES string of the molecule is CC12C=CC(=O)C(Sc3ccccc3)=C1CCC1C2CCC2(C)C(=O)CCC12. The number of fused-ring (bicyclic) bond motifs is 5. The van der Waals surface area contributed by atoms with Crippen LogP contribution in [0.15, 0.2) is 57.9 Å². The zero-order valence-electron chi connectivity index (χ0n) is 16.7. The molecule has 146 valence electrons. The van der Waals surface area contributed by atoms with Crippen LogP contribution in [0.1, 0.15) is 52.4 Å². The zero-order valence-corrected chi connectivity index (χ0v) is 17.6. The van der Waals surface area contributed by atoms with Crippen LogP contribution in [-0.2, 0) is 9.59 Å². The molecule has 5 atom stereocenters. The summed E-state index contributed by atoms with van der Waals surface area (Å²) in [6.45, 7) is 4.58. The van der Waals surface area contributed by atoms with Crippen LogP contribution < -0.4 is 0 Å². The lowest BCUT2D eigenvalue weighted by Crippen LogP contribution is -2.50. The number of ketones is 2. The molecule has 3 fully saturated rings. The molecule has 3 saturated carbocycles. The van der Waals surface area contributed by atoms with Crippen LogP contribution in [0.3, 0.4) is 0 Å². The first-order valence-corrected chi connectivity index (χ1v) is 11.5. The lowest BCUT2D eigenvalue weighted by atomic mass is 9.48. The van der Waals surface area contributed by atoms with Gasteiger partial charge in [0, 0.05) is 22.1 Å². The Balaban J connectivity index is 1.52. The highest BCUT2D eigenvalue weighted by atomic mass is 32.2. The van der Waals surface area contributed by atoms with E-state index in [1.807, 2.05) is 24.3 Å². The van der Waals surface area contributed by atoms with Crippen molar-refractivity contribution in [2.75, 3.05) is 0 Å². The topological polar surface area (TPSA) is 34.1 Å². The number of Topliss-reactive ketones (excluding diaryl/α,β-unsaturated/α-hetero) is 1. The predicted octanol–water partition coefficient (Wildman–Crippen LogP) is 5.98. The van der Waals surface area contributed by atoms with Crippen LogP contribution in [-0.4, -0.2) is 11.6 Å². The van der Waals surface area contributed by atoms with Crippen LogP contribution in [0.25, 0.3) is 0 Å². The monoisotopic (exact) mass is 392 g/mol. The summed E-state index contributed by atoms with van der Waals surface area (Å²) in [4.78, 5) is 27.5. The van der Waals surface area contributed by atoms with Crippen LogP contribution in [0.4, 0.5) is 0 Å². The number of thioether (sulfide) groups is 1. The minimum Gasteiger partial charge on any atom is -0.299 e. The second-order valence-corrected chi connectivity index (χ2v) is 10.6. The predicted molar refractivity (Wildman–Crippen MR) is 113 cm³/mol. The molecule has 0 amide bonds. The highest BCUT2D eigenvalue weighted by Crippen LogP contribution is 2.64. The van der Waals surface area contributed by atoms with Gasteiger partial charge in [0.05, 0.1) is 4.91 Å². The Labute approximate surface area is 171 Å². The Morgan fingerprint density at radius 2 is 1.75 bits per heavy atom. The van der Waals surface area contributed by atoms with Gasteiger partial charge in [0.25, 0.3) is 0 Å². The number of benzene rings is 1. The summed E-state index contributed by atoms with van der Waals surface area (Å²) in [6, 6.07) is 10.3. The summed E-state index contributed by atoms with van der Waals surface area (Å²) in [5.41, 5.74) is 1.22. The first kappa shape index (κ1) is 18.4. The maximum absolute atomic E-state index is 12.8. The fourth-order valence-electron chi connectivity index (χ4n) is 6.78. The van der Waals surface area contributed by atoms with Crippen molar-refractivity contribution in [2.24, 2.45) is 28.6 Å². The van der Waals surface area contributed by atoms with Crippen molar-refractivity contribution in [2.45, 2.75) is 57.3 Å².